The molecule has 0 aliphatic carbocycles. The van der Waals surface area contributed by atoms with Crippen LogP contribution < -0.4 is 5.11 Å². The molecule has 54 valence electrons. The van der Waals surface area contributed by atoms with Crippen LogP contribution in [-0.4, -0.2) is 22.4 Å². The van der Waals surface area contributed by atoms with Crippen molar-refractivity contribution in [1.82, 2.24) is 0 Å². The number of carbonyl (C=O) groups excluding carboxylic acids is 1. The quantitative estimate of drug-likeness (QED) is 0.531. The second-order valence-corrected chi connectivity index (χ2v) is 0.726. The third-order valence-corrected chi connectivity index (χ3v) is 0.289. The van der Waals surface area contributed by atoms with Crippen molar-refractivity contribution in [2.45, 2.75) is 13.3 Å². The molecule has 0 amide bonds. The predicted molar refractivity (Wildman–Crippen MR) is 21.1 cm³/mol. The van der Waals surface area contributed by atoms with Crippen LogP contribution in [0.15, 0.2) is 0 Å². The molecule has 0 fully saturated rings. The van der Waals surface area contributed by atoms with Crippen LogP contribution in [0, 0.1) is 0 Å². The van der Waals surface area contributed by atoms with Crippen LogP contribution in [0.1, 0.15) is 13.3 Å². The number of carbonyl (C=O) groups is 1. The fourth-order valence-electron chi connectivity index (χ4n) is 0. The van der Waals surface area contributed by atoms with Gasteiger partial charge in [-0.05, 0) is 6.42 Å². The molecule has 0 aliphatic rings. The first kappa shape index (κ1) is 34.9. The molecule has 5 nitrogen and oxygen atoms in total. The molecular formula is C3H8O5Zr. The fraction of sp³-hybridized carbons (Fsp3) is 0.667. The Bertz CT molecular complexity index is 47.5. The molecule has 6 heteroatoms. The summed E-state index contributed by atoms with van der Waals surface area (Å²) in [6.07, 6.45) is 0.111. The SMILES string of the molecule is CCC(=O)[O-].[OH-].[OH-].[OH-].[Zr+4]. The molecular weight excluding hydrogens is 207 g/mol. The average molecular weight is 215 g/mol. The maximum atomic E-state index is 9.26. The minimum absolute atomic E-state index is 0. The number of hydrogen-bond acceptors (Lipinski definition) is 5. The normalized spacial score (nSPS) is 4.11. The van der Waals surface area contributed by atoms with Crippen LogP contribution in [0.4, 0.5) is 0 Å². The van der Waals surface area contributed by atoms with Gasteiger partial charge in [0.05, 0.1) is 0 Å². The largest absolute Gasteiger partial charge is 4.00 e. The van der Waals surface area contributed by atoms with Crippen LogP contribution in [0.3, 0.4) is 0 Å². The minimum atomic E-state index is -0.995. The Morgan fingerprint density at radius 2 is 1.44 bits per heavy atom. The summed E-state index contributed by atoms with van der Waals surface area (Å²) in [5.41, 5.74) is 0. The van der Waals surface area contributed by atoms with Crippen molar-refractivity contribution >= 4 is 5.97 Å². The summed E-state index contributed by atoms with van der Waals surface area (Å²) in [6.45, 7) is 1.54. The van der Waals surface area contributed by atoms with Crippen molar-refractivity contribution in [2.24, 2.45) is 0 Å². The number of aliphatic carboxylic acids is 1. The molecule has 3 N–H and O–H groups in total. The summed E-state index contributed by atoms with van der Waals surface area (Å²) in [5, 5.41) is 9.26. The number of rotatable bonds is 1. The first-order valence-electron chi connectivity index (χ1n) is 1.47. The molecule has 0 saturated carbocycles. The summed E-state index contributed by atoms with van der Waals surface area (Å²) >= 11 is 0. The van der Waals surface area contributed by atoms with Gasteiger partial charge in [0.2, 0.25) is 0 Å². The molecule has 0 aromatic heterocycles. The maximum Gasteiger partial charge on any atom is 4.00 e. The molecule has 0 rings (SSSR count). The van der Waals surface area contributed by atoms with Gasteiger partial charge in [-0.15, -0.1) is 0 Å². The van der Waals surface area contributed by atoms with E-state index in [0.29, 0.717) is 0 Å². The Labute approximate surface area is 72.1 Å². The van der Waals surface area contributed by atoms with Crippen LogP contribution in [-0.2, 0) is 31.0 Å². The molecule has 0 atom stereocenters. The summed E-state index contributed by atoms with van der Waals surface area (Å²) in [5.74, 6) is -0.995. The molecule has 0 radical (unpaired) electrons. The van der Waals surface area contributed by atoms with Gasteiger partial charge in [-0.25, -0.2) is 0 Å². The monoisotopic (exact) mass is 214 g/mol. The standard InChI is InChI=1S/C3H6O2.3H2O.Zr/c1-2-3(4)5;;;;/h2H2,1H3,(H,4,5);3*1H2;/q;;;;+4/p-4. The van der Waals surface area contributed by atoms with Crippen LogP contribution >= 0.6 is 0 Å². The van der Waals surface area contributed by atoms with Crippen molar-refractivity contribution < 1.29 is 52.5 Å². The van der Waals surface area contributed by atoms with Gasteiger partial charge in [-0.2, -0.15) is 0 Å². The van der Waals surface area contributed by atoms with Gasteiger partial charge >= 0.3 is 26.2 Å². The number of hydrogen-bond donors (Lipinski definition) is 0. The third kappa shape index (κ3) is 64.1. The summed E-state index contributed by atoms with van der Waals surface area (Å²) in [7, 11) is 0. The second-order valence-electron chi connectivity index (χ2n) is 0.726. The van der Waals surface area contributed by atoms with E-state index >= 15 is 0 Å². The molecule has 0 heterocycles. The zero-order chi connectivity index (χ0) is 4.28. The summed E-state index contributed by atoms with van der Waals surface area (Å²) in [4.78, 5) is 9.26. The zero-order valence-electron chi connectivity index (χ0n) is 4.87. The van der Waals surface area contributed by atoms with Crippen molar-refractivity contribution in [3.63, 3.8) is 0 Å². The van der Waals surface area contributed by atoms with Crippen molar-refractivity contribution in [1.29, 1.82) is 0 Å². The van der Waals surface area contributed by atoms with E-state index in [2.05, 4.69) is 0 Å². The Morgan fingerprint density at radius 1 is 1.33 bits per heavy atom. The molecule has 0 aliphatic heterocycles. The number of carboxylic acid groups (broad SMARTS) is 1. The zero-order valence-corrected chi connectivity index (χ0v) is 7.32. The Kier molecular flexibility index (Phi) is 93.3. The maximum absolute atomic E-state index is 9.26. The number of carboxylic acids is 1. The van der Waals surface area contributed by atoms with Crippen molar-refractivity contribution in [3.8, 4) is 0 Å². The second kappa shape index (κ2) is 24.0. The van der Waals surface area contributed by atoms with E-state index in [1.807, 2.05) is 0 Å². The summed E-state index contributed by atoms with van der Waals surface area (Å²) < 4.78 is 0. The summed E-state index contributed by atoms with van der Waals surface area (Å²) in [6, 6.07) is 0. The molecule has 0 aromatic carbocycles. The fourth-order valence-corrected chi connectivity index (χ4v) is 0. The van der Waals surface area contributed by atoms with E-state index in [-0.39, 0.29) is 49.1 Å². The van der Waals surface area contributed by atoms with Crippen LogP contribution in [0.25, 0.3) is 0 Å². The third-order valence-electron chi connectivity index (χ3n) is 0.289. The van der Waals surface area contributed by atoms with E-state index in [1.54, 1.807) is 0 Å². The minimum Gasteiger partial charge on any atom is -0.870 e. The molecule has 0 spiro atoms. The topological polar surface area (TPSA) is 130 Å². The molecule has 0 aromatic rings. The molecule has 0 unspecified atom stereocenters. The van der Waals surface area contributed by atoms with E-state index in [4.69, 9.17) is 0 Å². The first-order valence-corrected chi connectivity index (χ1v) is 1.47. The van der Waals surface area contributed by atoms with Crippen LogP contribution in [0.5, 0.6) is 0 Å². The van der Waals surface area contributed by atoms with Crippen LogP contribution in [0.2, 0.25) is 0 Å². The van der Waals surface area contributed by atoms with E-state index in [1.165, 1.54) is 6.92 Å². The Hall–Kier alpha value is 0.233. The van der Waals surface area contributed by atoms with Gasteiger partial charge in [0.15, 0.2) is 0 Å². The van der Waals surface area contributed by atoms with Gasteiger partial charge in [-0.3, -0.25) is 0 Å². The van der Waals surface area contributed by atoms with Gasteiger partial charge in [0, 0.05) is 5.97 Å². The van der Waals surface area contributed by atoms with E-state index in [9.17, 15) is 9.90 Å². The Balaban J connectivity index is -0.0000000133. The molecule has 0 bridgehead atoms. The van der Waals surface area contributed by atoms with Gasteiger partial charge in [0.1, 0.15) is 0 Å². The molecule has 0 saturated heterocycles. The Morgan fingerprint density at radius 3 is 1.44 bits per heavy atom. The predicted octanol–water partition coefficient (Wildman–Crippen LogP) is -1.39. The first-order chi connectivity index (χ1) is 2.27. The van der Waals surface area contributed by atoms with Gasteiger partial charge < -0.3 is 26.3 Å². The van der Waals surface area contributed by atoms with E-state index < -0.39 is 5.97 Å². The average Bonchev–Trinajstić information content (AvgIpc) is 1.38. The molecule has 9 heavy (non-hydrogen) atoms. The van der Waals surface area contributed by atoms with Crippen molar-refractivity contribution in [2.75, 3.05) is 0 Å². The van der Waals surface area contributed by atoms with Crippen molar-refractivity contribution in [3.05, 3.63) is 0 Å². The van der Waals surface area contributed by atoms with Gasteiger partial charge in [-0.1, -0.05) is 6.92 Å². The van der Waals surface area contributed by atoms with E-state index in [0.717, 1.165) is 0 Å². The smallest absolute Gasteiger partial charge is 0.870 e. The van der Waals surface area contributed by atoms with Gasteiger partial charge in [0.25, 0.3) is 0 Å².